The van der Waals surface area contributed by atoms with E-state index in [9.17, 15) is 19.5 Å². The molecule has 1 N–H and O–H groups in total. The molecule has 3 fully saturated rings. The molecule has 238 valence electrons. The fraction of sp³-hybridized carbons (Fsp3) is 0.594. The van der Waals surface area contributed by atoms with Crippen molar-refractivity contribution in [3.63, 3.8) is 0 Å². The average Bonchev–Trinajstić information content (AvgIpc) is 3.72. The van der Waals surface area contributed by atoms with E-state index in [0.717, 1.165) is 11.9 Å². The maximum atomic E-state index is 14.8. The van der Waals surface area contributed by atoms with E-state index >= 15 is 0 Å². The lowest BCUT2D eigenvalue weighted by Crippen LogP contribution is -2.59. The smallest absolute Gasteiger partial charge is 0.250 e. The van der Waals surface area contributed by atoms with Crippen LogP contribution in [0.25, 0.3) is 11.0 Å². The maximum absolute atomic E-state index is 14.8. The first kappa shape index (κ1) is 32.3. The number of benzene rings is 1. The van der Waals surface area contributed by atoms with E-state index in [2.05, 4.69) is 39.4 Å². The van der Waals surface area contributed by atoms with Crippen molar-refractivity contribution in [3.05, 3.63) is 49.6 Å². The molecule has 7 atom stereocenters. The van der Waals surface area contributed by atoms with Crippen LogP contribution in [0.2, 0.25) is 0 Å². The van der Waals surface area contributed by atoms with Gasteiger partial charge in [-0.2, -0.15) is 0 Å². The molecular formula is C32H43BrN6O5. The number of aliphatic hydroxyl groups is 1. The Hall–Kier alpha value is -3.09. The summed E-state index contributed by atoms with van der Waals surface area (Å²) >= 11 is 3.76. The van der Waals surface area contributed by atoms with Gasteiger partial charge in [-0.1, -0.05) is 66.2 Å². The highest BCUT2D eigenvalue weighted by molar-refractivity contribution is 9.09. The van der Waals surface area contributed by atoms with Crippen molar-refractivity contribution >= 4 is 44.7 Å². The summed E-state index contributed by atoms with van der Waals surface area (Å²) in [7, 11) is 0. The van der Waals surface area contributed by atoms with Crippen LogP contribution in [0.1, 0.15) is 40.0 Å². The molecule has 4 heterocycles. The van der Waals surface area contributed by atoms with E-state index < -0.39 is 35.6 Å². The lowest BCUT2D eigenvalue weighted by atomic mass is 9.70. The van der Waals surface area contributed by atoms with Crippen molar-refractivity contribution < 1.29 is 24.2 Å². The van der Waals surface area contributed by atoms with Gasteiger partial charge in [0.1, 0.15) is 23.8 Å². The molecule has 1 spiro atoms. The minimum Gasteiger partial charge on any atom is -0.394 e. The standard InChI is InChI=1S/C32H43BrN6O5/c1-6-13-36(14-7-2)29(41)25-26-30(42)39(21(18-40)16-20(4)5)28(32(26)17-22(33)27(25)44-32)31(43)37(15-8-3)19-38-24-12-10-9-11-23(24)34-35-38/h6,8-12,20-22,25-28,40H,1,3,7,13-19H2,2,4-5H3/t21-,22?,25-,26+,27-,28?,32?/m1/s1. The van der Waals surface area contributed by atoms with Crippen molar-refractivity contribution in [2.45, 2.75) is 75.3 Å². The molecule has 12 heteroatoms. The van der Waals surface area contributed by atoms with Crippen LogP contribution in [0.4, 0.5) is 0 Å². The molecule has 3 aliphatic heterocycles. The molecule has 3 aliphatic rings. The Balaban J connectivity index is 1.59. The third-order valence-electron chi connectivity index (χ3n) is 9.13. The first-order valence-electron chi connectivity index (χ1n) is 15.5. The van der Waals surface area contributed by atoms with E-state index in [4.69, 9.17) is 4.74 Å². The number of carbonyl (C=O) groups excluding carboxylic acids is 3. The largest absolute Gasteiger partial charge is 0.394 e. The monoisotopic (exact) mass is 670 g/mol. The van der Waals surface area contributed by atoms with Gasteiger partial charge in [-0.3, -0.25) is 14.4 Å². The minimum atomic E-state index is -1.24. The zero-order valence-corrected chi connectivity index (χ0v) is 27.3. The molecular weight excluding hydrogens is 628 g/mol. The Bertz CT molecular complexity index is 1410. The topological polar surface area (TPSA) is 121 Å². The summed E-state index contributed by atoms with van der Waals surface area (Å²) in [5, 5.41) is 19.1. The number of hydrogen-bond acceptors (Lipinski definition) is 7. The van der Waals surface area contributed by atoms with Gasteiger partial charge in [0.05, 0.1) is 36.1 Å². The summed E-state index contributed by atoms with van der Waals surface area (Å²) in [4.78, 5) is 48.2. The van der Waals surface area contributed by atoms with Crippen molar-refractivity contribution in [1.82, 2.24) is 29.7 Å². The first-order chi connectivity index (χ1) is 21.1. The normalized spacial score (nSPS) is 28.0. The van der Waals surface area contributed by atoms with Crippen LogP contribution in [0.5, 0.6) is 0 Å². The van der Waals surface area contributed by atoms with E-state index in [0.29, 0.717) is 31.4 Å². The van der Waals surface area contributed by atoms with Gasteiger partial charge in [0.25, 0.3) is 0 Å². The van der Waals surface area contributed by atoms with Gasteiger partial charge in [0.15, 0.2) is 0 Å². The summed E-state index contributed by atoms with van der Waals surface area (Å²) in [6.45, 7) is 14.6. The summed E-state index contributed by atoms with van der Waals surface area (Å²) in [5.74, 6) is -2.30. The van der Waals surface area contributed by atoms with Gasteiger partial charge in [0, 0.05) is 24.5 Å². The highest BCUT2D eigenvalue weighted by Gasteiger charge is 2.77. The zero-order valence-electron chi connectivity index (χ0n) is 25.7. The number of amides is 3. The second kappa shape index (κ2) is 13.1. The highest BCUT2D eigenvalue weighted by Crippen LogP contribution is 2.61. The van der Waals surface area contributed by atoms with E-state index in [-0.39, 0.29) is 48.3 Å². The van der Waals surface area contributed by atoms with Crippen molar-refractivity contribution in [3.8, 4) is 0 Å². The minimum absolute atomic E-state index is 0.0752. The number of likely N-dealkylation sites (tertiary alicyclic amines) is 1. The summed E-state index contributed by atoms with van der Waals surface area (Å²) in [5.41, 5.74) is 0.220. The molecule has 2 aromatic rings. The zero-order chi connectivity index (χ0) is 31.8. The second-order valence-electron chi connectivity index (χ2n) is 12.5. The van der Waals surface area contributed by atoms with E-state index in [1.165, 1.54) is 0 Å². The van der Waals surface area contributed by atoms with Crippen LogP contribution in [-0.2, 0) is 25.8 Å². The maximum Gasteiger partial charge on any atom is 0.250 e. The van der Waals surface area contributed by atoms with Gasteiger partial charge in [0.2, 0.25) is 17.7 Å². The molecule has 3 saturated heterocycles. The Morgan fingerprint density at radius 2 is 1.91 bits per heavy atom. The lowest BCUT2D eigenvalue weighted by Gasteiger charge is -2.39. The number of nitrogens with zero attached hydrogens (tertiary/aromatic N) is 6. The van der Waals surface area contributed by atoms with Crippen LogP contribution in [-0.4, -0.2) is 107 Å². The molecule has 3 unspecified atom stereocenters. The van der Waals surface area contributed by atoms with Crippen LogP contribution >= 0.6 is 15.9 Å². The van der Waals surface area contributed by atoms with Gasteiger partial charge in [-0.15, -0.1) is 18.3 Å². The van der Waals surface area contributed by atoms with E-state index in [1.807, 2.05) is 45.0 Å². The van der Waals surface area contributed by atoms with Gasteiger partial charge >= 0.3 is 0 Å². The third kappa shape index (κ3) is 5.38. The number of aromatic nitrogens is 3. The van der Waals surface area contributed by atoms with Crippen LogP contribution < -0.4 is 0 Å². The molecule has 2 bridgehead atoms. The molecule has 11 nitrogen and oxygen atoms in total. The Morgan fingerprint density at radius 3 is 2.57 bits per heavy atom. The average molecular weight is 672 g/mol. The molecule has 0 saturated carbocycles. The second-order valence-corrected chi connectivity index (χ2v) is 13.7. The number of halogens is 1. The van der Waals surface area contributed by atoms with Crippen LogP contribution in [0.3, 0.4) is 0 Å². The van der Waals surface area contributed by atoms with Crippen molar-refractivity contribution in [2.24, 2.45) is 17.8 Å². The van der Waals surface area contributed by atoms with Crippen molar-refractivity contribution in [1.29, 1.82) is 0 Å². The molecule has 0 aliphatic carbocycles. The fourth-order valence-electron chi connectivity index (χ4n) is 7.50. The number of para-hydroxylation sites is 1. The predicted molar refractivity (Wildman–Crippen MR) is 169 cm³/mol. The molecule has 1 aromatic heterocycles. The van der Waals surface area contributed by atoms with Crippen LogP contribution in [0, 0.1) is 17.8 Å². The Morgan fingerprint density at radius 1 is 1.20 bits per heavy atom. The highest BCUT2D eigenvalue weighted by atomic mass is 79.9. The number of rotatable bonds is 14. The number of alkyl halides is 1. The fourth-order valence-corrected chi connectivity index (χ4v) is 8.44. The first-order valence-corrected chi connectivity index (χ1v) is 16.4. The predicted octanol–water partition coefficient (Wildman–Crippen LogP) is 2.98. The molecule has 5 rings (SSSR count). The SMILES string of the molecule is C=CCN(Cn1nnc2ccccc21)C(=O)C1N([C@@H](CO)CC(C)C)C(=O)[C@@H]2[C@@H](C(=O)N(CC=C)CCC)[C@@H]3OC12CC3Br. The number of aliphatic hydroxyl groups excluding tert-OH is 1. The number of ether oxygens (including phenoxy) is 1. The van der Waals surface area contributed by atoms with Crippen LogP contribution in [0.15, 0.2) is 49.6 Å². The quantitative estimate of drug-likeness (QED) is 0.242. The molecule has 3 amide bonds. The summed E-state index contributed by atoms with van der Waals surface area (Å²) in [6, 6.07) is 5.82. The summed E-state index contributed by atoms with van der Waals surface area (Å²) < 4.78 is 8.38. The summed E-state index contributed by atoms with van der Waals surface area (Å²) in [6.07, 6.45) is 4.37. The molecule has 0 radical (unpaired) electrons. The number of hydrogen-bond donors (Lipinski definition) is 1. The van der Waals surface area contributed by atoms with Gasteiger partial charge in [-0.05, 0) is 37.3 Å². The van der Waals surface area contributed by atoms with E-state index in [1.54, 1.807) is 31.5 Å². The lowest BCUT2D eigenvalue weighted by molar-refractivity contribution is -0.153. The third-order valence-corrected chi connectivity index (χ3v) is 9.98. The molecule has 44 heavy (non-hydrogen) atoms. The number of carbonyl (C=O) groups is 3. The van der Waals surface area contributed by atoms with Gasteiger partial charge in [-0.25, -0.2) is 4.68 Å². The Kier molecular flexibility index (Phi) is 9.62. The van der Waals surface area contributed by atoms with Crippen molar-refractivity contribution in [2.75, 3.05) is 26.2 Å². The van der Waals surface area contributed by atoms with Gasteiger partial charge < -0.3 is 24.5 Å². The molecule has 1 aromatic carbocycles. The Labute approximate surface area is 267 Å². The number of fused-ring (bicyclic) bond motifs is 2.